The molecule has 11 heteroatoms. The lowest BCUT2D eigenvalue weighted by molar-refractivity contribution is -0.122. The molecule has 4 rings (SSSR count). The van der Waals surface area contributed by atoms with Crippen LogP contribution in [0.2, 0.25) is 0 Å². The first-order chi connectivity index (χ1) is 14.0. The lowest BCUT2D eigenvalue weighted by Crippen LogP contribution is -2.28. The molecular formula is C18H14F2N4O2S3. The zero-order valence-electron chi connectivity index (χ0n) is 14.8. The number of carbonyl (C=O) groups is 2. The van der Waals surface area contributed by atoms with E-state index in [1.165, 1.54) is 32.9 Å². The normalized spacial score (nSPS) is 16.4. The number of hydrogen-bond donors (Lipinski definition) is 1. The predicted molar refractivity (Wildman–Crippen MR) is 109 cm³/mol. The SMILES string of the molecule is O=C(Nc1nnc(SCc2cccs2)s1)C1CC(=O)N(c2cc(F)cc(F)c2)C1. The van der Waals surface area contributed by atoms with E-state index < -0.39 is 17.6 Å². The highest BCUT2D eigenvalue weighted by molar-refractivity contribution is 8.00. The number of halogens is 2. The topological polar surface area (TPSA) is 75.2 Å². The molecule has 1 aliphatic rings. The summed E-state index contributed by atoms with van der Waals surface area (Å²) in [6, 6.07) is 6.90. The number of thiophene rings is 1. The Labute approximate surface area is 177 Å². The Kier molecular flexibility index (Phi) is 5.88. The molecule has 2 amide bonds. The van der Waals surface area contributed by atoms with Gasteiger partial charge < -0.3 is 10.2 Å². The maximum atomic E-state index is 13.4. The fraction of sp³-hybridized carbons (Fsp3) is 0.222. The third-order valence-electron chi connectivity index (χ3n) is 4.21. The van der Waals surface area contributed by atoms with Gasteiger partial charge in [-0.3, -0.25) is 9.59 Å². The number of thioether (sulfide) groups is 1. The summed E-state index contributed by atoms with van der Waals surface area (Å²) >= 11 is 4.45. The maximum absolute atomic E-state index is 13.4. The molecule has 1 N–H and O–H groups in total. The molecule has 0 spiro atoms. The predicted octanol–water partition coefficient (Wildman–Crippen LogP) is 4.16. The van der Waals surface area contributed by atoms with Crippen molar-refractivity contribution in [3.63, 3.8) is 0 Å². The van der Waals surface area contributed by atoms with Crippen LogP contribution >= 0.6 is 34.4 Å². The van der Waals surface area contributed by atoms with Crippen molar-refractivity contribution < 1.29 is 18.4 Å². The molecule has 29 heavy (non-hydrogen) atoms. The van der Waals surface area contributed by atoms with Crippen molar-refractivity contribution in [1.82, 2.24) is 10.2 Å². The van der Waals surface area contributed by atoms with Gasteiger partial charge in [0, 0.05) is 35.3 Å². The third kappa shape index (κ3) is 4.80. The van der Waals surface area contributed by atoms with Crippen LogP contribution < -0.4 is 10.2 Å². The summed E-state index contributed by atoms with van der Waals surface area (Å²) in [5.74, 6) is -2.15. The summed E-state index contributed by atoms with van der Waals surface area (Å²) in [6.07, 6.45) is -0.0389. The van der Waals surface area contributed by atoms with Gasteiger partial charge in [0.05, 0.1) is 5.92 Å². The van der Waals surface area contributed by atoms with E-state index in [0.717, 1.165) is 28.3 Å². The Morgan fingerprint density at radius 3 is 2.79 bits per heavy atom. The van der Waals surface area contributed by atoms with Gasteiger partial charge in [-0.05, 0) is 23.6 Å². The van der Waals surface area contributed by atoms with Gasteiger partial charge in [-0.2, -0.15) is 0 Å². The molecule has 0 saturated carbocycles. The second kappa shape index (κ2) is 8.56. The maximum Gasteiger partial charge on any atom is 0.231 e. The van der Waals surface area contributed by atoms with E-state index in [-0.39, 0.29) is 30.5 Å². The summed E-state index contributed by atoms with van der Waals surface area (Å²) in [7, 11) is 0. The van der Waals surface area contributed by atoms with Crippen LogP contribution in [0.4, 0.5) is 19.6 Å². The number of rotatable bonds is 6. The van der Waals surface area contributed by atoms with Crippen LogP contribution in [0.25, 0.3) is 0 Å². The van der Waals surface area contributed by atoms with E-state index in [1.807, 2.05) is 17.5 Å². The average Bonchev–Trinajstić information content (AvgIpc) is 3.40. The number of nitrogens with one attached hydrogen (secondary N) is 1. The zero-order chi connectivity index (χ0) is 20.4. The van der Waals surface area contributed by atoms with Crippen LogP contribution in [0, 0.1) is 17.6 Å². The number of hydrogen-bond acceptors (Lipinski definition) is 7. The number of aromatic nitrogens is 2. The van der Waals surface area contributed by atoms with Crippen molar-refractivity contribution in [2.24, 2.45) is 5.92 Å². The molecule has 0 radical (unpaired) electrons. The van der Waals surface area contributed by atoms with Gasteiger partial charge in [0.15, 0.2) is 4.34 Å². The second-order valence-corrected chi connectivity index (χ2v) is 9.50. The molecule has 0 aliphatic carbocycles. The first-order valence-corrected chi connectivity index (χ1v) is 11.2. The van der Waals surface area contributed by atoms with E-state index in [4.69, 9.17) is 0 Å². The van der Waals surface area contributed by atoms with Gasteiger partial charge in [-0.1, -0.05) is 29.2 Å². The molecule has 0 bridgehead atoms. The Balaban J connectivity index is 1.36. The van der Waals surface area contributed by atoms with Gasteiger partial charge in [0.25, 0.3) is 0 Å². The largest absolute Gasteiger partial charge is 0.311 e. The van der Waals surface area contributed by atoms with E-state index in [9.17, 15) is 18.4 Å². The highest BCUT2D eigenvalue weighted by Gasteiger charge is 2.35. The molecule has 1 unspecified atom stereocenters. The Bertz CT molecular complexity index is 1020. The fourth-order valence-electron chi connectivity index (χ4n) is 2.88. The van der Waals surface area contributed by atoms with Crippen molar-refractivity contribution in [2.45, 2.75) is 16.5 Å². The summed E-state index contributed by atoms with van der Waals surface area (Å²) in [6.45, 7) is 0.0480. The number of benzene rings is 1. The van der Waals surface area contributed by atoms with Crippen molar-refractivity contribution in [3.8, 4) is 0 Å². The lowest BCUT2D eigenvalue weighted by atomic mass is 10.1. The molecule has 1 aromatic carbocycles. The van der Waals surface area contributed by atoms with Crippen LogP contribution in [0.5, 0.6) is 0 Å². The molecule has 3 aromatic rings. The Morgan fingerprint density at radius 2 is 2.07 bits per heavy atom. The second-order valence-electron chi connectivity index (χ2n) is 6.26. The minimum absolute atomic E-state index is 0.0389. The molecule has 1 aliphatic heterocycles. The summed E-state index contributed by atoms with van der Waals surface area (Å²) in [4.78, 5) is 27.2. The number of anilines is 2. The van der Waals surface area contributed by atoms with Crippen LogP contribution in [-0.2, 0) is 15.3 Å². The fourth-order valence-corrected chi connectivity index (χ4v) is 5.41. The van der Waals surface area contributed by atoms with Gasteiger partial charge in [-0.25, -0.2) is 8.78 Å². The number of nitrogens with zero attached hydrogens (tertiary/aromatic N) is 3. The van der Waals surface area contributed by atoms with E-state index in [2.05, 4.69) is 15.5 Å². The number of amides is 2. The third-order valence-corrected chi connectivity index (χ3v) is 7.29. The molecule has 3 heterocycles. The number of carbonyl (C=O) groups excluding carboxylic acids is 2. The quantitative estimate of drug-likeness (QED) is 0.449. The minimum Gasteiger partial charge on any atom is -0.311 e. The van der Waals surface area contributed by atoms with Crippen LogP contribution in [0.3, 0.4) is 0 Å². The van der Waals surface area contributed by atoms with Crippen molar-refractivity contribution in [1.29, 1.82) is 0 Å². The van der Waals surface area contributed by atoms with Crippen LogP contribution in [0.1, 0.15) is 11.3 Å². The van der Waals surface area contributed by atoms with E-state index in [0.29, 0.717) is 5.13 Å². The molecule has 2 aromatic heterocycles. The molecule has 150 valence electrons. The smallest absolute Gasteiger partial charge is 0.231 e. The van der Waals surface area contributed by atoms with E-state index in [1.54, 1.807) is 11.3 Å². The Hall–Kier alpha value is -2.37. The average molecular weight is 453 g/mol. The van der Waals surface area contributed by atoms with Crippen molar-refractivity contribution >= 4 is 57.1 Å². The van der Waals surface area contributed by atoms with Crippen LogP contribution in [-0.4, -0.2) is 28.6 Å². The molecule has 1 saturated heterocycles. The standard InChI is InChI=1S/C18H14F2N4O2S3/c19-11-5-12(20)7-13(6-11)24-8-10(4-15(24)25)16(26)21-17-22-23-18(29-17)28-9-14-2-1-3-27-14/h1-3,5-7,10H,4,8-9H2,(H,21,22,26). The van der Waals surface area contributed by atoms with Crippen LogP contribution in [0.15, 0.2) is 40.1 Å². The van der Waals surface area contributed by atoms with Crippen molar-refractivity contribution in [2.75, 3.05) is 16.8 Å². The summed E-state index contributed by atoms with van der Waals surface area (Å²) in [5, 5.41) is 13.1. The zero-order valence-corrected chi connectivity index (χ0v) is 17.3. The van der Waals surface area contributed by atoms with Gasteiger partial charge in [0.2, 0.25) is 16.9 Å². The van der Waals surface area contributed by atoms with Gasteiger partial charge in [0.1, 0.15) is 11.6 Å². The van der Waals surface area contributed by atoms with Gasteiger partial charge >= 0.3 is 0 Å². The minimum atomic E-state index is -0.776. The summed E-state index contributed by atoms with van der Waals surface area (Å²) in [5.41, 5.74) is 0.103. The lowest BCUT2D eigenvalue weighted by Gasteiger charge is -2.16. The van der Waals surface area contributed by atoms with Crippen molar-refractivity contribution in [3.05, 3.63) is 52.2 Å². The highest BCUT2D eigenvalue weighted by atomic mass is 32.2. The van der Waals surface area contributed by atoms with E-state index >= 15 is 0 Å². The molecule has 1 fully saturated rings. The first-order valence-electron chi connectivity index (χ1n) is 8.54. The monoisotopic (exact) mass is 452 g/mol. The summed E-state index contributed by atoms with van der Waals surface area (Å²) < 4.78 is 27.6. The van der Waals surface area contributed by atoms with Gasteiger partial charge in [-0.15, -0.1) is 21.5 Å². The Morgan fingerprint density at radius 1 is 1.28 bits per heavy atom. The highest BCUT2D eigenvalue weighted by Crippen LogP contribution is 2.31. The molecular weight excluding hydrogens is 438 g/mol. The molecule has 1 atom stereocenters. The molecule has 6 nitrogen and oxygen atoms in total. The first kappa shape index (κ1) is 19.9.